The number of anilines is 1. The molecule has 8 heteroatoms. The van der Waals surface area contributed by atoms with E-state index in [4.69, 9.17) is 4.42 Å². The second-order valence-electron chi connectivity index (χ2n) is 7.45. The van der Waals surface area contributed by atoms with Crippen molar-refractivity contribution >= 4 is 11.7 Å². The Balaban J connectivity index is 1.36. The minimum absolute atomic E-state index is 0.0524. The van der Waals surface area contributed by atoms with Gasteiger partial charge in [0.25, 0.3) is 0 Å². The number of amides is 2. The lowest BCUT2D eigenvalue weighted by Crippen LogP contribution is -2.50. The van der Waals surface area contributed by atoms with Gasteiger partial charge in [-0.3, -0.25) is 4.90 Å². The van der Waals surface area contributed by atoms with Crippen LogP contribution in [0.1, 0.15) is 37.0 Å². The van der Waals surface area contributed by atoms with E-state index in [1.54, 1.807) is 6.26 Å². The number of rotatable bonds is 4. The molecule has 150 valence electrons. The highest BCUT2D eigenvalue weighted by molar-refractivity contribution is 5.90. The Labute approximate surface area is 160 Å². The van der Waals surface area contributed by atoms with Gasteiger partial charge in [-0.1, -0.05) is 12.1 Å². The van der Waals surface area contributed by atoms with Gasteiger partial charge in [0.05, 0.1) is 24.1 Å². The van der Waals surface area contributed by atoms with Crippen molar-refractivity contribution in [2.45, 2.75) is 56.5 Å². The van der Waals surface area contributed by atoms with Crippen LogP contribution >= 0.6 is 0 Å². The molecule has 5 nitrogen and oxygen atoms in total. The van der Waals surface area contributed by atoms with E-state index in [-0.39, 0.29) is 11.7 Å². The van der Waals surface area contributed by atoms with Crippen molar-refractivity contribution in [3.63, 3.8) is 0 Å². The van der Waals surface area contributed by atoms with E-state index in [1.807, 2.05) is 12.1 Å². The summed E-state index contributed by atoms with van der Waals surface area (Å²) in [6, 6.07) is 8.86. The summed E-state index contributed by atoms with van der Waals surface area (Å²) in [7, 11) is 0. The topological polar surface area (TPSA) is 57.5 Å². The highest BCUT2D eigenvalue weighted by Gasteiger charge is 2.41. The molecule has 1 aromatic carbocycles. The van der Waals surface area contributed by atoms with Crippen LogP contribution < -0.4 is 10.6 Å². The van der Waals surface area contributed by atoms with E-state index >= 15 is 0 Å². The third-order valence-corrected chi connectivity index (χ3v) is 5.62. The van der Waals surface area contributed by atoms with Gasteiger partial charge < -0.3 is 15.1 Å². The van der Waals surface area contributed by atoms with E-state index < -0.39 is 17.8 Å². The number of carbonyl (C=O) groups excluding carboxylic acids is 1. The molecule has 0 aliphatic carbocycles. The van der Waals surface area contributed by atoms with Gasteiger partial charge in [-0.2, -0.15) is 13.2 Å². The number of benzene rings is 1. The zero-order chi connectivity index (χ0) is 19.7. The van der Waals surface area contributed by atoms with Crippen molar-refractivity contribution in [2.24, 2.45) is 0 Å². The second-order valence-corrected chi connectivity index (χ2v) is 7.45. The number of hydrogen-bond acceptors (Lipinski definition) is 3. The standard InChI is InChI=1S/C20H22F3N3O2/c21-20(22,23)17-5-1-2-6-18(17)25-19(27)24-13-10-14-7-8-15(11-13)26(14)12-16-4-3-9-28-16/h1-6,9,13-15H,7-8,10-12H2,(H2,24,25,27). The number of carbonyl (C=O) groups is 1. The predicted molar refractivity (Wildman–Crippen MR) is 97.7 cm³/mol. The summed E-state index contributed by atoms with van der Waals surface area (Å²) >= 11 is 0. The first-order chi connectivity index (χ1) is 13.4. The highest BCUT2D eigenvalue weighted by atomic mass is 19.4. The Morgan fingerprint density at radius 3 is 2.46 bits per heavy atom. The highest BCUT2D eigenvalue weighted by Crippen LogP contribution is 2.37. The van der Waals surface area contributed by atoms with Gasteiger partial charge in [0.2, 0.25) is 0 Å². The molecular weight excluding hydrogens is 371 g/mol. The molecular formula is C20H22F3N3O2. The van der Waals surface area contributed by atoms with Crippen molar-refractivity contribution in [1.82, 2.24) is 10.2 Å². The summed E-state index contributed by atoms with van der Waals surface area (Å²) in [6.45, 7) is 0.750. The van der Waals surface area contributed by atoms with Gasteiger partial charge in [-0.15, -0.1) is 0 Å². The average molecular weight is 393 g/mol. The van der Waals surface area contributed by atoms with Gasteiger partial charge in [-0.25, -0.2) is 4.79 Å². The molecule has 0 spiro atoms. The average Bonchev–Trinajstić information content (AvgIpc) is 3.21. The maximum atomic E-state index is 13.1. The summed E-state index contributed by atoms with van der Waals surface area (Å²) in [5.41, 5.74) is -1.08. The number of urea groups is 1. The summed E-state index contributed by atoms with van der Waals surface area (Å²) in [4.78, 5) is 14.7. The first-order valence-corrected chi connectivity index (χ1v) is 9.42. The molecule has 2 saturated heterocycles. The summed E-state index contributed by atoms with van der Waals surface area (Å²) in [5.74, 6) is 0.921. The molecule has 2 fully saturated rings. The number of alkyl halides is 3. The molecule has 2 N–H and O–H groups in total. The van der Waals surface area contributed by atoms with Gasteiger partial charge >= 0.3 is 12.2 Å². The number of para-hydroxylation sites is 1. The van der Waals surface area contributed by atoms with Crippen molar-refractivity contribution in [3.05, 3.63) is 54.0 Å². The number of furan rings is 1. The minimum Gasteiger partial charge on any atom is -0.468 e. The van der Waals surface area contributed by atoms with Crippen LogP contribution in [0.5, 0.6) is 0 Å². The number of nitrogens with one attached hydrogen (secondary N) is 2. The molecule has 2 bridgehead atoms. The molecule has 0 saturated carbocycles. The minimum atomic E-state index is -4.51. The molecule has 0 radical (unpaired) electrons. The largest absolute Gasteiger partial charge is 0.468 e. The quantitative estimate of drug-likeness (QED) is 0.797. The van der Waals surface area contributed by atoms with Gasteiger partial charge in [-0.05, 0) is 49.9 Å². The molecule has 28 heavy (non-hydrogen) atoms. The Morgan fingerprint density at radius 2 is 1.82 bits per heavy atom. The van der Waals surface area contributed by atoms with Gasteiger partial charge in [0.15, 0.2) is 0 Å². The van der Waals surface area contributed by atoms with Crippen LogP contribution in [0, 0.1) is 0 Å². The summed E-state index contributed by atoms with van der Waals surface area (Å²) < 4.78 is 44.7. The fourth-order valence-corrected chi connectivity index (χ4v) is 4.42. The maximum Gasteiger partial charge on any atom is 0.418 e. The van der Waals surface area contributed by atoms with Crippen LogP contribution in [0.4, 0.5) is 23.7 Å². The molecule has 2 amide bonds. The number of nitrogens with zero attached hydrogens (tertiary/aromatic N) is 1. The lowest BCUT2D eigenvalue weighted by atomic mass is 9.97. The summed E-state index contributed by atoms with van der Waals surface area (Å²) in [5, 5.41) is 5.22. The van der Waals surface area contributed by atoms with E-state index in [2.05, 4.69) is 15.5 Å². The van der Waals surface area contributed by atoms with Crippen molar-refractivity contribution in [2.75, 3.05) is 5.32 Å². The Morgan fingerprint density at radius 1 is 1.11 bits per heavy atom. The fourth-order valence-electron chi connectivity index (χ4n) is 4.42. The third kappa shape index (κ3) is 4.01. The normalized spacial score (nSPS) is 24.9. The fraction of sp³-hybridized carbons (Fsp3) is 0.450. The van der Waals surface area contributed by atoms with Crippen molar-refractivity contribution in [1.29, 1.82) is 0 Å². The third-order valence-electron chi connectivity index (χ3n) is 5.62. The lowest BCUT2D eigenvalue weighted by Gasteiger charge is -2.38. The molecule has 4 rings (SSSR count). The molecule has 2 aliphatic heterocycles. The zero-order valence-electron chi connectivity index (χ0n) is 15.2. The molecule has 2 aliphatic rings. The SMILES string of the molecule is O=C(Nc1ccccc1C(F)(F)F)NC1CC2CCC(C1)N2Cc1ccco1. The monoisotopic (exact) mass is 393 g/mol. The van der Waals surface area contributed by atoms with Crippen LogP contribution in [-0.2, 0) is 12.7 Å². The zero-order valence-corrected chi connectivity index (χ0v) is 15.2. The number of halogens is 3. The maximum absolute atomic E-state index is 13.1. The van der Waals surface area contributed by atoms with E-state index in [0.717, 1.165) is 44.1 Å². The molecule has 3 heterocycles. The Bertz CT molecular complexity index is 808. The first-order valence-electron chi connectivity index (χ1n) is 9.42. The van der Waals surface area contributed by atoms with E-state index in [1.165, 1.54) is 18.2 Å². The number of piperidine rings is 1. The van der Waals surface area contributed by atoms with Crippen LogP contribution in [-0.4, -0.2) is 29.1 Å². The Hall–Kier alpha value is -2.48. The van der Waals surface area contributed by atoms with Crippen molar-refractivity contribution < 1.29 is 22.4 Å². The van der Waals surface area contributed by atoms with E-state index in [0.29, 0.717) is 12.1 Å². The molecule has 2 atom stereocenters. The Kier molecular flexibility index (Phi) is 5.05. The smallest absolute Gasteiger partial charge is 0.418 e. The molecule has 2 unspecified atom stereocenters. The predicted octanol–water partition coefficient (Wildman–Crippen LogP) is 4.62. The molecule has 1 aromatic heterocycles. The van der Waals surface area contributed by atoms with E-state index in [9.17, 15) is 18.0 Å². The van der Waals surface area contributed by atoms with Crippen molar-refractivity contribution in [3.8, 4) is 0 Å². The second kappa shape index (κ2) is 7.50. The van der Waals surface area contributed by atoms with Gasteiger partial charge in [0, 0.05) is 18.1 Å². The van der Waals surface area contributed by atoms with Crippen LogP contribution in [0.15, 0.2) is 47.1 Å². The number of hydrogen-bond donors (Lipinski definition) is 2. The first kappa shape index (κ1) is 18.9. The van der Waals surface area contributed by atoms with Crippen LogP contribution in [0.3, 0.4) is 0 Å². The summed E-state index contributed by atoms with van der Waals surface area (Å²) in [6.07, 6.45) is 0.829. The number of fused-ring (bicyclic) bond motifs is 2. The lowest BCUT2D eigenvalue weighted by molar-refractivity contribution is -0.136. The van der Waals surface area contributed by atoms with Crippen LogP contribution in [0.2, 0.25) is 0 Å². The van der Waals surface area contributed by atoms with Gasteiger partial charge in [0.1, 0.15) is 5.76 Å². The van der Waals surface area contributed by atoms with Crippen LogP contribution in [0.25, 0.3) is 0 Å². The molecule has 2 aromatic rings.